The summed E-state index contributed by atoms with van der Waals surface area (Å²) in [6.45, 7) is 0. The number of hydrogen-bond acceptors (Lipinski definition) is 3. The summed E-state index contributed by atoms with van der Waals surface area (Å²) in [5, 5.41) is 0.611. The quantitative estimate of drug-likeness (QED) is 0.368. The fraction of sp³-hybridized carbons (Fsp3) is 0.333. The molecule has 4 nitrogen and oxygen atoms in total. The van der Waals surface area contributed by atoms with Crippen LogP contribution in [0.1, 0.15) is 12.8 Å². The monoisotopic (exact) mass is 139 g/mol. The average molecular weight is 139 g/mol. The first-order valence-corrected chi connectivity index (χ1v) is 2.74. The summed E-state index contributed by atoms with van der Waals surface area (Å²) >= 11 is 0. The summed E-state index contributed by atoms with van der Waals surface area (Å²) in [5.74, 6) is -0.745. The van der Waals surface area contributed by atoms with E-state index in [0.29, 0.717) is 5.06 Å². The van der Waals surface area contributed by atoms with Crippen LogP contribution in [0.3, 0.4) is 0 Å². The molecule has 4 heteroatoms. The predicted octanol–water partition coefficient (Wildman–Crippen LogP) is -0.342. The molecule has 1 fully saturated rings. The zero-order chi connectivity index (χ0) is 7.56. The third-order valence-corrected chi connectivity index (χ3v) is 1.15. The minimum absolute atomic E-state index is 0.195. The molecule has 0 aromatic rings. The van der Waals surface area contributed by atoms with Crippen LogP contribution in [-0.4, -0.2) is 16.9 Å². The minimum Gasteiger partial charge on any atom is -0.316 e. The lowest BCUT2D eigenvalue weighted by Crippen LogP contribution is -2.27. The van der Waals surface area contributed by atoms with Gasteiger partial charge in [0.2, 0.25) is 0 Å². The third kappa shape index (κ3) is 0.935. The normalized spacial score (nSPS) is 17.3. The van der Waals surface area contributed by atoms with E-state index in [4.69, 9.17) is 6.42 Å². The molecule has 1 heterocycles. The molecule has 0 bridgehead atoms. The highest BCUT2D eigenvalue weighted by molar-refractivity contribution is 6.00. The van der Waals surface area contributed by atoms with Crippen LogP contribution in [0.4, 0.5) is 0 Å². The summed E-state index contributed by atoms with van der Waals surface area (Å²) in [6.07, 6.45) is 6.86. The van der Waals surface area contributed by atoms with Gasteiger partial charge in [-0.05, 0) is 0 Å². The van der Waals surface area contributed by atoms with E-state index in [1.54, 1.807) is 6.11 Å². The topological polar surface area (TPSA) is 46.6 Å². The summed E-state index contributed by atoms with van der Waals surface area (Å²) in [6, 6.07) is 0. The van der Waals surface area contributed by atoms with Crippen molar-refractivity contribution >= 4 is 11.8 Å². The van der Waals surface area contributed by atoms with E-state index in [-0.39, 0.29) is 24.7 Å². The molecule has 0 spiro atoms. The van der Waals surface area contributed by atoms with Crippen molar-refractivity contribution in [2.45, 2.75) is 12.8 Å². The van der Waals surface area contributed by atoms with Crippen molar-refractivity contribution < 1.29 is 14.4 Å². The van der Waals surface area contributed by atoms with E-state index in [0.717, 1.165) is 0 Å². The maximum Gasteiger partial charge on any atom is 0.264 e. The Morgan fingerprint density at radius 3 is 2.30 bits per heavy atom. The Bertz CT molecular complexity index is 200. The maximum atomic E-state index is 10.7. The van der Waals surface area contributed by atoms with Crippen LogP contribution in [0.5, 0.6) is 0 Å². The molecule has 0 atom stereocenters. The van der Waals surface area contributed by atoms with Crippen LogP contribution in [-0.2, 0) is 14.4 Å². The van der Waals surface area contributed by atoms with Crippen LogP contribution >= 0.6 is 0 Å². The van der Waals surface area contributed by atoms with E-state index >= 15 is 0 Å². The number of amides is 2. The lowest BCUT2D eigenvalue weighted by molar-refractivity contribution is -0.170. The third-order valence-electron chi connectivity index (χ3n) is 1.15. The lowest BCUT2D eigenvalue weighted by atomic mass is 10.4. The highest BCUT2D eigenvalue weighted by Gasteiger charge is 2.30. The number of carbonyl (C=O) groups excluding carboxylic acids is 2. The highest BCUT2D eigenvalue weighted by Crippen LogP contribution is 2.10. The van der Waals surface area contributed by atoms with E-state index in [2.05, 4.69) is 4.84 Å². The molecule has 52 valence electrons. The summed E-state index contributed by atoms with van der Waals surface area (Å²) in [5.41, 5.74) is 0. The number of nitrogens with zero attached hydrogens (tertiary/aromatic N) is 1. The smallest absolute Gasteiger partial charge is 0.264 e. The van der Waals surface area contributed by atoms with Crippen molar-refractivity contribution in [3.63, 3.8) is 0 Å². The summed E-state index contributed by atoms with van der Waals surface area (Å²) < 4.78 is 0. The zero-order valence-corrected chi connectivity index (χ0v) is 5.16. The van der Waals surface area contributed by atoms with Crippen molar-refractivity contribution in [2.75, 3.05) is 0 Å². The SMILES string of the molecule is C#CON1C(=O)CCC1=O. The molecule has 0 unspecified atom stereocenters. The lowest BCUT2D eigenvalue weighted by Gasteiger charge is -2.06. The first-order valence-electron chi connectivity index (χ1n) is 2.74. The largest absolute Gasteiger partial charge is 0.316 e. The van der Waals surface area contributed by atoms with Crippen LogP contribution < -0.4 is 0 Å². The molecule has 0 radical (unpaired) electrons. The number of imide groups is 1. The Morgan fingerprint density at radius 1 is 1.40 bits per heavy atom. The van der Waals surface area contributed by atoms with Gasteiger partial charge < -0.3 is 4.84 Å². The Balaban J connectivity index is 2.65. The van der Waals surface area contributed by atoms with Gasteiger partial charge >= 0.3 is 0 Å². The van der Waals surface area contributed by atoms with Gasteiger partial charge in [0.1, 0.15) is 6.11 Å². The van der Waals surface area contributed by atoms with Crippen LogP contribution in [0.2, 0.25) is 0 Å². The van der Waals surface area contributed by atoms with Crippen molar-refractivity contribution in [3.05, 3.63) is 0 Å². The Kier molecular flexibility index (Phi) is 1.59. The molecule has 1 aliphatic heterocycles. The van der Waals surface area contributed by atoms with Crippen molar-refractivity contribution in [1.29, 1.82) is 0 Å². The van der Waals surface area contributed by atoms with Gasteiger partial charge in [0.25, 0.3) is 11.8 Å². The highest BCUT2D eigenvalue weighted by atomic mass is 16.7. The molecule has 0 saturated carbocycles. The molecule has 0 aliphatic carbocycles. The standard InChI is InChI=1S/C6H5NO3/c1-2-10-7-5(8)3-4-6(7)9/h1H,3-4H2. The van der Waals surface area contributed by atoms with Gasteiger partial charge in [-0.15, -0.1) is 0 Å². The fourth-order valence-corrected chi connectivity index (χ4v) is 0.711. The Hall–Kier alpha value is -1.50. The fourth-order valence-electron chi connectivity index (χ4n) is 0.711. The molecule has 2 amide bonds. The molecule has 1 saturated heterocycles. The molecule has 10 heavy (non-hydrogen) atoms. The maximum absolute atomic E-state index is 10.7. The minimum atomic E-state index is -0.372. The molecule has 0 aromatic carbocycles. The molecular formula is C6H5NO3. The summed E-state index contributed by atoms with van der Waals surface area (Å²) in [4.78, 5) is 25.6. The number of terminal acetylenes is 1. The van der Waals surface area contributed by atoms with Gasteiger partial charge in [-0.25, -0.2) is 0 Å². The number of hydroxylamine groups is 2. The predicted molar refractivity (Wildman–Crippen MR) is 31.0 cm³/mol. The van der Waals surface area contributed by atoms with Gasteiger partial charge in [0, 0.05) is 12.8 Å². The number of carbonyl (C=O) groups is 2. The van der Waals surface area contributed by atoms with Gasteiger partial charge in [-0.3, -0.25) is 9.59 Å². The first-order chi connectivity index (χ1) is 4.75. The second kappa shape index (κ2) is 2.40. The van der Waals surface area contributed by atoms with E-state index in [1.165, 1.54) is 0 Å². The zero-order valence-electron chi connectivity index (χ0n) is 5.16. The molecular weight excluding hydrogens is 134 g/mol. The van der Waals surface area contributed by atoms with E-state index in [9.17, 15) is 9.59 Å². The Labute approximate surface area is 57.7 Å². The van der Waals surface area contributed by atoms with Gasteiger partial charge in [-0.2, -0.15) is 0 Å². The van der Waals surface area contributed by atoms with Gasteiger partial charge in [0.15, 0.2) is 0 Å². The van der Waals surface area contributed by atoms with Crippen molar-refractivity contribution in [2.24, 2.45) is 0 Å². The molecule has 0 N–H and O–H groups in total. The number of hydrogen-bond donors (Lipinski definition) is 0. The van der Waals surface area contributed by atoms with E-state index in [1.807, 2.05) is 0 Å². The first kappa shape index (κ1) is 6.62. The van der Waals surface area contributed by atoms with Gasteiger partial charge in [0.05, 0.1) is 0 Å². The number of rotatable bonds is 1. The summed E-state index contributed by atoms with van der Waals surface area (Å²) in [7, 11) is 0. The van der Waals surface area contributed by atoms with Gasteiger partial charge in [-0.1, -0.05) is 11.5 Å². The van der Waals surface area contributed by atoms with E-state index < -0.39 is 0 Å². The van der Waals surface area contributed by atoms with Crippen LogP contribution in [0.15, 0.2) is 0 Å². The Morgan fingerprint density at radius 2 is 1.90 bits per heavy atom. The van der Waals surface area contributed by atoms with Crippen molar-refractivity contribution in [3.8, 4) is 12.5 Å². The molecule has 0 aromatic heterocycles. The van der Waals surface area contributed by atoms with Crippen molar-refractivity contribution in [1.82, 2.24) is 5.06 Å². The second-order valence-corrected chi connectivity index (χ2v) is 1.79. The average Bonchev–Trinajstić information content (AvgIpc) is 2.20. The molecule has 1 aliphatic rings. The second-order valence-electron chi connectivity index (χ2n) is 1.79. The van der Waals surface area contributed by atoms with Crippen LogP contribution in [0.25, 0.3) is 0 Å². The van der Waals surface area contributed by atoms with Crippen LogP contribution in [0, 0.1) is 12.5 Å². The molecule has 1 rings (SSSR count).